The number of nitrogens with zero attached hydrogens (tertiary/aromatic N) is 1. The summed E-state index contributed by atoms with van der Waals surface area (Å²) in [5.41, 5.74) is 3.68. The number of rotatable bonds is 12. The Morgan fingerprint density at radius 3 is 2.59 bits per heavy atom. The van der Waals surface area contributed by atoms with Crippen LogP contribution in [0.3, 0.4) is 0 Å². The molecule has 0 saturated carbocycles. The Morgan fingerprint density at radius 2 is 2.00 bits per heavy atom. The van der Waals surface area contributed by atoms with Gasteiger partial charge in [0, 0.05) is 17.8 Å². The zero-order chi connectivity index (χ0) is 21.3. The summed E-state index contributed by atoms with van der Waals surface area (Å²) in [6, 6.07) is 6.75. The molecular weight excluding hydrogens is 391 g/mol. The minimum Gasteiger partial charge on any atom is -0.504 e. The van der Waals surface area contributed by atoms with Crippen molar-refractivity contribution in [2.75, 3.05) is 12.6 Å². The van der Waals surface area contributed by atoms with Crippen molar-refractivity contribution < 1.29 is 23.6 Å². The number of phenols is 1. The maximum absolute atomic E-state index is 13.7. The Kier molecular flexibility index (Phi) is 8.80. The molecule has 7 nitrogen and oxygen atoms in total. The summed E-state index contributed by atoms with van der Waals surface area (Å²) in [5, 5.41) is 10.4. The van der Waals surface area contributed by atoms with Crippen LogP contribution >= 0.6 is 7.60 Å². The average Bonchev–Trinajstić information content (AvgIpc) is 2.74. The highest BCUT2D eigenvalue weighted by Gasteiger charge is 2.36. The van der Waals surface area contributed by atoms with Crippen LogP contribution in [0.2, 0.25) is 0 Å². The summed E-state index contributed by atoms with van der Waals surface area (Å²) >= 11 is 0. The molecule has 0 aliphatic rings. The van der Waals surface area contributed by atoms with Gasteiger partial charge in [0.15, 0.2) is 11.5 Å². The SMILES string of the molecule is CCCCc1cc(OP(=O)(ONc2cccnc2)C(CC)CC)cc(OC)c1O. The molecule has 0 aliphatic heterocycles. The van der Waals surface area contributed by atoms with Crippen LogP contribution in [-0.4, -0.2) is 22.9 Å². The molecule has 29 heavy (non-hydrogen) atoms. The Labute approximate surface area is 172 Å². The molecule has 0 radical (unpaired) electrons. The molecule has 0 fully saturated rings. The molecule has 160 valence electrons. The van der Waals surface area contributed by atoms with Gasteiger partial charge in [-0.05, 0) is 43.9 Å². The van der Waals surface area contributed by atoms with Gasteiger partial charge >= 0.3 is 7.60 Å². The maximum atomic E-state index is 13.7. The monoisotopic (exact) mass is 422 g/mol. The van der Waals surface area contributed by atoms with E-state index in [1.165, 1.54) is 13.2 Å². The molecule has 1 heterocycles. The van der Waals surface area contributed by atoms with Crippen LogP contribution in [0.25, 0.3) is 0 Å². The largest absolute Gasteiger partial charge is 0.504 e. The third kappa shape index (κ3) is 6.12. The van der Waals surface area contributed by atoms with Crippen molar-refractivity contribution >= 4 is 13.3 Å². The molecule has 0 amide bonds. The Bertz CT molecular complexity index is 812. The summed E-state index contributed by atoms with van der Waals surface area (Å²) in [7, 11) is -2.11. The fraction of sp³-hybridized carbons (Fsp3) is 0.476. The number of benzene rings is 1. The van der Waals surface area contributed by atoms with E-state index in [4.69, 9.17) is 13.9 Å². The Morgan fingerprint density at radius 1 is 1.24 bits per heavy atom. The minimum absolute atomic E-state index is 0.0834. The van der Waals surface area contributed by atoms with E-state index in [1.807, 2.05) is 13.8 Å². The van der Waals surface area contributed by atoms with Gasteiger partial charge in [0.1, 0.15) is 5.75 Å². The molecule has 0 bridgehead atoms. The molecule has 1 atom stereocenters. The van der Waals surface area contributed by atoms with E-state index in [1.54, 1.807) is 30.6 Å². The van der Waals surface area contributed by atoms with Crippen molar-refractivity contribution in [3.8, 4) is 17.2 Å². The predicted octanol–water partition coefficient (Wildman–Crippen LogP) is 5.94. The van der Waals surface area contributed by atoms with Crippen LogP contribution in [0, 0.1) is 0 Å². The average molecular weight is 422 g/mol. The van der Waals surface area contributed by atoms with Crippen molar-refractivity contribution in [3.05, 3.63) is 42.2 Å². The van der Waals surface area contributed by atoms with E-state index in [0.29, 0.717) is 36.3 Å². The lowest BCUT2D eigenvalue weighted by molar-refractivity contribution is 0.302. The molecule has 2 N–H and O–H groups in total. The van der Waals surface area contributed by atoms with Gasteiger partial charge in [0.25, 0.3) is 0 Å². The molecule has 8 heteroatoms. The van der Waals surface area contributed by atoms with E-state index in [9.17, 15) is 9.67 Å². The lowest BCUT2D eigenvalue weighted by Gasteiger charge is -2.26. The molecule has 0 aliphatic carbocycles. The lowest BCUT2D eigenvalue weighted by atomic mass is 10.1. The van der Waals surface area contributed by atoms with E-state index >= 15 is 0 Å². The summed E-state index contributed by atoms with van der Waals surface area (Å²) < 4.78 is 30.5. The number of aromatic nitrogens is 1. The highest BCUT2D eigenvalue weighted by Crippen LogP contribution is 2.56. The highest BCUT2D eigenvalue weighted by molar-refractivity contribution is 7.55. The second-order valence-corrected chi connectivity index (χ2v) is 8.95. The zero-order valence-electron chi connectivity index (χ0n) is 17.6. The van der Waals surface area contributed by atoms with Gasteiger partial charge in [0.2, 0.25) is 0 Å². The molecule has 1 aromatic heterocycles. The van der Waals surface area contributed by atoms with Gasteiger partial charge in [-0.1, -0.05) is 27.2 Å². The fourth-order valence-electron chi connectivity index (χ4n) is 2.99. The second-order valence-electron chi connectivity index (χ2n) is 6.77. The second kappa shape index (κ2) is 11.1. The molecule has 0 spiro atoms. The van der Waals surface area contributed by atoms with Crippen molar-refractivity contribution in [1.82, 2.24) is 4.98 Å². The van der Waals surface area contributed by atoms with Gasteiger partial charge in [-0.15, -0.1) is 0 Å². The summed E-state index contributed by atoms with van der Waals surface area (Å²) in [5.74, 6) is 0.707. The van der Waals surface area contributed by atoms with Crippen LogP contribution in [-0.2, 0) is 15.6 Å². The first-order valence-corrected chi connectivity index (χ1v) is 11.6. The first-order chi connectivity index (χ1) is 14.0. The molecule has 1 unspecified atom stereocenters. The third-order valence-electron chi connectivity index (χ3n) is 4.72. The number of ether oxygens (including phenoxy) is 1. The van der Waals surface area contributed by atoms with Crippen molar-refractivity contribution in [1.29, 1.82) is 0 Å². The number of hydrogen-bond donors (Lipinski definition) is 2. The molecule has 2 rings (SSSR count). The van der Waals surface area contributed by atoms with Gasteiger partial charge in [0.05, 0.1) is 24.7 Å². The topological polar surface area (TPSA) is 89.9 Å². The number of aryl methyl sites for hydroxylation is 1. The fourth-order valence-corrected chi connectivity index (χ4v) is 4.86. The lowest BCUT2D eigenvalue weighted by Crippen LogP contribution is -2.16. The normalized spacial score (nSPS) is 13.1. The zero-order valence-corrected chi connectivity index (χ0v) is 18.4. The summed E-state index contributed by atoms with van der Waals surface area (Å²) in [6.07, 6.45) is 7.02. The van der Waals surface area contributed by atoms with Gasteiger partial charge < -0.3 is 14.4 Å². The number of pyridine rings is 1. The number of nitrogens with one attached hydrogen (secondary N) is 1. The van der Waals surface area contributed by atoms with E-state index < -0.39 is 7.60 Å². The highest BCUT2D eigenvalue weighted by atomic mass is 31.2. The van der Waals surface area contributed by atoms with Crippen molar-refractivity contribution in [2.24, 2.45) is 0 Å². The van der Waals surface area contributed by atoms with Crippen LogP contribution in [0.1, 0.15) is 52.0 Å². The minimum atomic E-state index is -3.58. The number of phenolic OH excluding ortho intramolecular Hbond substituents is 1. The van der Waals surface area contributed by atoms with E-state index in [2.05, 4.69) is 17.4 Å². The smallest absolute Gasteiger partial charge is 0.403 e. The summed E-state index contributed by atoms with van der Waals surface area (Å²) in [4.78, 5) is 4.01. The predicted molar refractivity (Wildman–Crippen MR) is 115 cm³/mol. The van der Waals surface area contributed by atoms with Crippen LogP contribution in [0.4, 0.5) is 5.69 Å². The van der Waals surface area contributed by atoms with Crippen molar-refractivity contribution in [3.63, 3.8) is 0 Å². The van der Waals surface area contributed by atoms with Crippen LogP contribution in [0.5, 0.6) is 17.2 Å². The molecular formula is C21H31N2O5P. The number of unbranched alkanes of at least 4 members (excludes halogenated alkanes) is 1. The third-order valence-corrected chi connectivity index (χ3v) is 7.16. The van der Waals surface area contributed by atoms with E-state index in [-0.39, 0.29) is 17.2 Å². The van der Waals surface area contributed by atoms with Crippen molar-refractivity contribution in [2.45, 2.75) is 58.5 Å². The first kappa shape index (κ1) is 23.0. The first-order valence-electron chi connectivity index (χ1n) is 10.0. The Balaban J connectivity index is 2.33. The number of hydrogen-bond acceptors (Lipinski definition) is 7. The maximum Gasteiger partial charge on any atom is 0.403 e. The standard InChI is InChI=1S/C21H31N2O5P/c1-5-8-10-16-13-18(14-20(26-4)21(16)24)27-29(25,19(6-2)7-3)28-23-17-11-9-12-22-15-17/h9,11-15,19,23-24H,5-8,10H2,1-4H3. The van der Waals surface area contributed by atoms with Gasteiger partial charge in [-0.3, -0.25) is 10.5 Å². The van der Waals surface area contributed by atoms with Crippen LogP contribution in [0.15, 0.2) is 36.7 Å². The number of anilines is 1. The molecule has 1 aromatic carbocycles. The molecule has 0 saturated heterocycles. The number of methoxy groups -OCH3 is 1. The summed E-state index contributed by atoms with van der Waals surface area (Å²) in [6.45, 7) is 5.97. The quantitative estimate of drug-likeness (QED) is 0.323. The van der Waals surface area contributed by atoms with Gasteiger partial charge in [-0.2, -0.15) is 4.62 Å². The van der Waals surface area contributed by atoms with E-state index in [0.717, 1.165) is 12.8 Å². The van der Waals surface area contributed by atoms with Gasteiger partial charge in [-0.25, -0.2) is 4.57 Å². The Hall–Kier alpha value is -2.24. The molecule has 2 aromatic rings. The van der Waals surface area contributed by atoms with Crippen LogP contribution < -0.4 is 14.7 Å². The number of aromatic hydroxyl groups is 1.